The predicted molar refractivity (Wildman–Crippen MR) is 132 cm³/mol. The van der Waals surface area contributed by atoms with Gasteiger partial charge in [-0.25, -0.2) is 5.43 Å². The van der Waals surface area contributed by atoms with Gasteiger partial charge < -0.3 is 9.47 Å². The first-order chi connectivity index (χ1) is 16.2. The Bertz CT molecular complexity index is 1260. The fourth-order valence-electron chi connectivity index (χ4n) is 3.24. The second kappa shape index (κ2) is 11.2. The topological polar surface area (TPSA) is 72.8 Å². The van der Waals surface area contributed by atoms with Crippen LogP contribution < -0.4 is 14.9 Å². The molecule has 0 aliphatic rings. The second-order valence-corrected chi connectivity index (χ2v) is 8.16. The number of amides is 1. The van der Waals surface area contributed by atoms with Gasteiger partial charge in [-0.1, -0.05) is 36.4 Å². The fourth-order valence-corrected chi connectivity index (χ4v) is 4.14. The van der Waals surface area contributed by atoms with Crippen LogP contribution in [0.1, 0.15) is 15.9 Å². The maximum atomic E-state index is 12.0. The molecule has 166 valence electrons. The van der Waals surface area contributed by atoms with Crippen LogP contribution in [0, 0.1) is 0 Å². The van der Waals surface area contributed by atoms with Crippen LogP contribution in [0.15, 0.2) is 95.2 Å². The lowest BCUT2D eigenvalue weighted by molar-refractivity contribution is 0.0955. The molecule has 4 rings (SSSR count). The van der Waals surface area contributed by atoms with E-state index in [0.29, 0.717) is 23.7 Å². The minimum Gasteiger partial charge on any atom is -0.493 e. The SMILES string of the molecule is COc1cc(/C=N/NC(=O)c2ccncc2)ccc1OCCSc1cccc2ccccc12. The van der Waals surface area contributed by atoms with E-state index in [1.54, 1.807) is 49.6 Å². The highest BCUT2D eigenvalue weighted by atomic mass is 32.2. The Kier molecular flexibility index (Phi) is 7.56. The number of thioether (sulfide) groups is 1. The van der Waals surface area contributed by atoms with E-state index >= 15 is 0 Å². The molecule has 0 aliphatic carbocycles. The number of methoxy groups -OCH3 is 1. The van der Waals surface area contributed by atoms with E-state index in [1.165, 1.54) is 15.7 Å². The summed E-state index contributed by atoms with van der Waals surface area (Å²) in [5.74, 6) is 1.77. The smallest absolute Gasteiger partial charge is 0.271 e. The molecular formula is C26H23N3O3S. The number of nitrogens with zero attached hydrogens (tertiary/aromatic N) is 2. The molecule has 0 atom stereocenters. The number of benzene rings is 3. The van der Waals surface area contributed by atoms with Crippen molar-refractivity contribution in [3.63, 3.8) is 0 Å². The Balaban J connectivity index is 1.31. The zero-order valence-corrected chi connectivity index (χ0v) is 18.9. The molecule has 0 bridgehead atoms. The van der Waals surface area contributed by atoms with Gasteiger partial charge in [-0.05, 0) is 52.7 Å². The Labute approximate surface area is 196 Å². The lowest BCUT2D eigenvalue weighted by Crippen LogP contribution is -2.17. The van der Waals surface area contributed by atoms with Crippen molar-refractivity contribution in [3.8, 4) is 11.5 Å². The molecule has 1 aromatic heterocycles. The minimum atomic E-state index is -0.302. The summed E-state index contributed by atoms with van der Waals surface area (Å²) in [5, 5.41) is 6.50. The van der Waals surface area contributed by atoms with Crippen molar-refractivity contribution >= 4 is 34.7 Å². The summed E-state index contributed by atoms with van der Waals surface area (Å²) in [6.45, 7) is 0.541. The summed E-state index contributed by atoms with van der Waals surface area (Å²) < 4.78 is 11.4. The van der Waals surface area contributed by atoms with Crippen LogP contribution in [0.3, 0.4) is 0 Å². The molecule has 1 amide bonds. The van der Waals surface area contributed by atoms with E-state index in [4.69, 9.17) is 9.47 Å². The Morgan fingerprint density at radius 3 is 2.70 bits per heavy atom. The van der Waals surface area contributed by atoms with E-state index in [9.17, 15) is 4.79 Å². The van der Waals surface area contributed by atoms with Crippen molar-refractivity contribution in [1.29, 1.82) is 0 Å². The summed E-state index contributed by atoms with van der Waals surface area (Å²) >= 11 is 1.77. The first-order valence-corrected chi connectivity index (χ1v) is 11.4. The van der Waals surface area contributed by atoms with Crippen molar-refractivity contribution in [2.75, 3.05) is 19.5 Å². The monoisotopic (exact) mass is 457 g/mol. The van der Waals surface area contributed by atoms with Gasteiger partial charge in [0.15, 0.2) is 11.5 Å². The largest absolute Gasteiger partial charge is 0.493 e. The summed E-state index contributed by atoms with van der Waals surface area (Å²) in [6.07, 6.45) is 4.67. The number of rotatable bonds is 9. The Morgan fingerprint density at radius 1 is 1.03 bits per heavy atom. The summed E-state index contributed by atoms with van der Waals surface area (Å²) in [6, 6.07) is 23.5. The number of hydrazone groups is 1. The van der Waals surface area contributed by atoms with Gasteiger partial charge >= 0.3 is 0 Å². The number of pyridine rings is 1. The molecule has 0 saturated heterocycles. The predicted octanol–water partition coefficient (Wildman–Crippen LogP) is 5.18. The van der Waals surface area contributed by atoms with Crippen LogP contribution in [0.4, 0.5) is 0 Å². The average molecular weight is 458 g/mol. The Morgan fingerprint density at radius 2 is 1.85 bits per heavy atom. The molecule has 6 nitrogen and oxygen atoms in total. The first kappa shape index (κ1) is 22.4. The van der Waals surface area contributed by atoms with E-state index in [1.807, 2.05) is 18.2 Å². The molecular weight excluding hydrogens is 434 g/mol. The van der Waals surface area contributed by atoms with Crippen molar-refractivity contribution in [2.45, 2.75) is 4.90 Å². The summed E-state index contributed by atoms with van der Waals surface area (Å²) in [7, 11) is 1.60. The molecule has 1 N–H and O–H groups in total. The maximum Gasteiger partial charge on any atom is 0.271 e. The molecule has 4 aromatic rings. The number of aromatic nitrogens is 1. The number of nitrogens with one attached hydrogen (secondary N) is 1. The van der Waals surface area contributed by atoms with Crippen LogP contribution in [0.5, 0.6) is 11.5 Å². The molecule has 0 fully saturated rings. The first-order valence-electron chi connectivity index (χ1n) is 10.4. The highest BCUT2D eigenvalue weighted by Gasteiger charge is 2.07. The highest BCUT2D eigenvalue weighted by Crippen LogP contribution is 2.30. The molecule has 3 aromatic carbocycles. The zero-order chi connectivity index (χ0) is 22.9. The van der Waals surface area contributed by atoms with Crippen LogP contribution >= 0.6 is 11.8 Å². The van der Waals surface area contributed by atoms with Crippen molar-refractivity contribution in [1.82, 2.24) is 10.4 Å². The van der Waals surface area contributed by atoms with Gasteiger partial charge in [0.05, 0.1) is 19.9 Å². The van der Waals surface area contributed by atoms with E-state index in [2.05, 4.69) is 58.0 Å². The molecule has 0 saturated carbocycles. The van der Waals surface area contributed by atoms with Gasteiger partial charge in [-0.15, -0.1) is 11.8 Å². The lowest BCUT2D eigenvalue weighted by Gasteiger charge is -2.12. The second-order valence-electron chi connectivity index (χ2n) is 7.02. The standard InChI is InChI=1S/C26H23N3O3S/c1-31-24-17-19(18-28-29-26(30)21-11-13-27-14-12-21)9-10-23(24)32-15-16-33-25-8-4-6-20-5-2-3-7-22(20)25/h2-14,17-18H,15-16H2,1H3,(H,29,30)/b28-18+. The molecule has 0 aliphatic heterocycles. The van der Waals surface area contributed by atoms with Gasteiger partial charge in [0.25, 0.3) is 5.91 Å². The third-order valence-corrected chi connectivity index (χ3v) is 5.90. The molecule has 7 heteroatoms. The number of carbonyl (C=O) groups excluding carboxylic acids is 1. The number of carbonyl (C=O) groups is 1. The number of fused-ring (bicyclic) bond motifs is 1. The fraction of sp³-hybridized carbons (Fsp3) is 0.115. The lowest BCUT2D eigenvalue weighted by atomic mass is 10.1. The average Bonchev–Trinajstić information content (AvgIpc) is 2.87. The van der Waals surface area contributed by atoms with Gasteiger partial charge in [0, 0.05) is 28.6 Å². The van der Waals surface area contributed by atoms with Crippen LogP contribution in [-0.4, -0.2) is 36.6 Å². The minimum absolute atomic E-state index is 0.302. The van der Waals surface area contributed by atoms with Crippen molar-refractivity contribution < 1.29 is 14.3 Å². The number of ether oxygens (including phenoxy) is 2. The quantitative estimate of drug-likeness (QED) is 0.162. The van der Waals surface area contributed by atoms with Gasteiger partial charge in [0.1, 0.15) is 0 Å². The third kappa shape index (κ3) is 5.90. The van der Waals surface area contributed by atoms with Gasteiger partial charge in [-0.2, -0.15) is 5.10 Å². The summed E-state index contributed by atoms with van der Waals surface area (Å²) in [5.41, 5.74) is 3.77. The van der Waals surface area contributed by atoms with E-state index in [0.717, 1.165) is 11.3 Å². The molecule has 33 heavy (non-hydrogen) atoms. The summed E-state index contributed by atoms with van der Waals surface area (Å²) in [4.78, 5) is 17.2. The highest BCUT2D eigenvalue weighted by molar-refractivity contribution is 7.99. The molecule has 0 unspecified atom stereocenters. The van der Waals surface area contributed by atoms with Crippen molar-refractivity contribution in [3.05, 3.63) is 96.3 Å². The van der Waals surface area contributed by atoms with Crippen LogP contribution in [0.25, 0.3) is 10.8 Å². The third-order valence-electron chi connectivity index (χ3n) is 4.86. The normalized spacial score (nSPS) is 10.9. The molecule has 0 radical (unpaired) electrons. The number of hydrogen-bond donors (Lipinski definition) is 1. The van der Waals surface area contributed by atoms with Crippen LogP contribution in [-0.2, 0) is 0 Å². The van der Waals surface area contributed by atoms with Crippen LogP contribution in [0.2, 0.25) is 0 Å². The van der Waals surface area contributed by atoms with Crippen molar-refractivity contribution in [2.24, 2.45) is 5.10 Å². The van der Waals surface area contributed by atoms with E-state index < -0.39 is 0 Å². The van der Waals surface area contributed by atoms with Gasteiger partial charge in [0.2, 0.25) is 0 Å². The maximum absolute atomic E-state index is 12.0. The zero-order valence-electron chi connectivity index (χ0n) is 18.1. The van der Waals surface area contributed by atoms with E-state index in [-0.39, 0.29) is 5.91 Å². The Hall–Kier alpha value is -3.84. The molecule has 0 spiro atoms. The molecule has 1 heterocycles. The van der Waals surface area contributed by atoms with Gasteiger partial charge in [-0.3, -0.25) is 9.78 Å². The number of hydrogen-bond acceptors (Lipinski definition) is 6.